The van der Waals surface area contributed by atoms with Gasteiger partial charge in [-0.25, -0.2) is 0 Å². The largest absolute Gasteiger partial charge is 0.433 e. The number of hydrogen-bond acceptors (Lipinski definition) is 3. The number of carbonyl (C=O) groups excluding carboxylic acids is 1. The fourth-order valence-electron chi connectivity index (χ4n) is 2.10. The molecule has 1 aliphatic rings. The van der Waals surface area contributed by atoms with Gasteiger partial charge < -0.3 is 10.6 Å². The number of nitrogens with two attached hydrogens (primary N) is 1. The molecule has 1 saturated heterocycles. The quantitative estimate of drug-likeness (QED) is 0.846. The molecule has 0 aromatic carbocycles. The molecule has 2 rings (SSSR count). The van der Waals surface area contributed by atoms with E-state index in [1.807, 2.05) is 6.92 Å². The van der Waals surface area contributed by atoms with Crippen molar-refractivity contribution in [3.05, 3.63) is 29.6 Å². The van der Waals surface area contributed by atoms with E-state index in [0.29, 0.717) is 13.0 Å². The average Bonchev–Trinajstić information content (AvgIpc) is 2.68. The Labute approximate surface area is 108 Å². The number of alkyl halides is 3. The molecule has 1 fully saturated rings. The predicted molar refractivity (Wildman–Crippen MR) is 62.3 cm³/mol. The molecule has 19 heavy (non-hydrogen) atoms. The fourth-order valence-corrected chi connectivity index (χ4v) is 2.10. The van der Waals surface area contributed by atoms with E-state index in [0.717, 1.165) is 18.3 Å². The molecule has 1 amide bonds. The Kier molecular flexibility index (Phi) is 3.49. The van der Waals surface area contributed by atoms with Gasteiger partial charge in [-0.2, -0.15) is 13.2 Å². The van der Waals surface area contributed by atoms with Crippen molar-refractivity contribution >= 4 is 5.91 Å². The molecule has 2 unspecified atom stereocenters. The number of aromatic nitrogens is 1. The van der Waals surface area contributed by atoms with Crippen LogP contribution in [0.2, 0.25) is 0 Å². The Bertz CT molecular complexity index is 472. The summed E-state index contributed by atoms with van der Waals surface area (Å²) < 4.78 is 37.1. The van der Waals surface area contributed by atoms with Gasteiger partial charge in [0.1, 0.15) is 5.69 Å². The zero-order valence-corrected chi connectivity index (χ0v) is 10.3. The van der Waals surface area contributed by atoms with E-state index in [4.69, 9.17) is 5.73 Å². The number of hydrogen-bond donors (Lipinski definition) is 1. The summed E-state index contributed by atoms with van der Waals surface area (Å²) in [6.07, 6.45) is -2.84. The van der Waals surface area contributed by atoms with Gasteiger partial charge in [-0.05, 0) is 25.5 Å². The summed E-state index contributed by atoms with van der Waals surface area (Å²) >= 11 is 0. The Morgan fingerprint density at radius 1 is 1.47 bits per heavy atom. The minimum absolute atomic E-state index is 0.0913. The highest BCUT2D eigenvalue weighted by Gasteiger charge is 2.34. The van der Waals surface area contributed by atoms with Crippen molar-refractivity contribution in [2.75, 3.05) is 6.54 Å². The number of rotatable bonds is 1. The summed E-state index contributed by atoms with van der Waals surface area (Å²) in [5.74, 6) is -0.332. The lowest BCUT2D eigenvalue weighted by molar-refractivity contribution is -0.141. The molecule has 2 heterocycles. The van der Waals surface area contributed by atoms with Crippen LogP contribution in [-0.2, 0) is 6.18 Å². The molecular formula is C12H14F3N3O. The van der Waals surface area contributed by atoms with E-state index in [1.54, 1.807) is 4.90 Å². The average molecular weight is 273 g/mol. The minimum atomic E-state index is -4.50. The van der Waals surface area contributed by atoms with Gasteiger partial charge in [-0.1, -0.05) is 0 Å². The molecule has 0 bridgehead atoms. The van der Waals surface area contributed by atoms with Gasteiger partial charge in [-0.3, -0.25) is 9.78 Å². The number of carbonyl (C=O) groups is 1. The van der Waals surface area contributed by atoms with Crippen LogP contribution in [0.5, 0.6) is 0 Å². The Hall–Kier alpha value is -1.63. The van der Waals surface area contributed by atoms with Crippen LogP contribution in [0, 0.1) is 0 Å². The van der Waals surface area contributed by atoms with Gasteiger partial charge >= 0.3 is 6.18 Å². The second-order valence-electron chi connectivity index (χ2n) is 4.62. The minimum Gasteiger partial charge on any atom is -0.334 e. The summed E-state index contributed by atoms with van der Waals surface area (Å²) in [7, 11) is 0. The first-order chi connectivity index (χ1) is 8.80. The van der Waals surface area contributed by atoms with Gasteiger partial charge in [0.05, 0.1) is 5.56 Å². The van der Waals surface area contributed by atoms with Crippen molar-refractivity contribution in [3.63, 3.8) is 0 Å². The summed E-state index contributed by atoms with van der Waals surface area (Å²) in [6.45, 7) is 2.34. The lowest BCUT2D eigenvalue weighted by Crippen LogP contribution is -2.40. The summed E-state index contributed by atoms with van der Waals surface area (Å²) in [4.78, 5) is 17.0. The van der Waals surface area contributed by atoms with Crippen LogP contribution in [0.3, 0.4) is 0 Å². The van der Waals surface area contributed by atoms with Crippen LogP contribution in [0.25, 0.3) is 0 Å². The molecule has 1 aromatic rings. The van der Waals surface area contributed by atoms with E-state index >= 15 is 0 Å². The molecule has 7 heteroatoms. The van der Waals surface area contributed by atoms with Gasteiger partial charge in [-0.15, -0.1) is 0 Å². The molecule has 2 N–H and O–H groups in total. The number of likely N-dealkylation sites (tertiary alicyclic amines) is 1. The first kappa shape index (κ1) is 13.8. The van der Waals surface area contributed by atoms with E-state index in [9.17, 15) is 18.0 Å². The first-order valence-electron chi connectivity index (χ1n) is 5.90. The van der Waals surface area contributed by atoms with Gasteiger partial charge in [0, 0.05) is 24.8 Å². The van der Waals surface area contributed by atoms with Gasteiger partial charge in [0.15, 0.2) is 0 Å². The smallest absolute Gasteiger partial charge is 0.334 e. The maximum Gasteiger partial charge on any atom is 0.433 e. The van der Waals surface area contributed by atoms with Crippen molar-refractivity contribution < 1.29 is 18.0 Å². The Morgan fingerprint density at radius 3 is 2.58 bits per heavy atom. The van der Waals surface area contributed by atoms with Crippen molar-refractivity contribution in [1.82, 2.24) is 9.88 Å². The fraction of sp³-hybridized carbons (Fsp3) is 0.500. The van der Waals surface area contributed by atoms with E-state index in [1.165, 1.54) is 0 Å². The third-order valence-electron chi connectivity index (χ3n) is 3.38. The summed E-state index contributed by atoms with van der Waals surface area (Å²) in [6, 6.07) is 1.75. The SMILES string of the molecule is CC1C(N)CCN1C(=O)c1ccc(C(F)(F)F)nc1. The highest BCUT2D eigenvalue weighted by molar-refractivity contribution is 5.94. The monoisotopic (exact) mass is 273 g/mol. The van der Waals surface area contributed by atoms with Crippen LogP contribution in [0.15, 0.2) is 18.3 Å². The van der Waals surface area contributed by atoms with Crippen molar-refractivity contribution in [1.29, 1.82) is 0 Å². The Balaban J connectivity index is 2.17. The molecule has 0 spiro atoms. The third-order valence-corrected chi connectivity index (χ3v) is 3.38. The van der Waals surface area contributed by atoms with Crippen LogP contribution in [-0.4, -0.2) is 34.4 Å². The van der Waals surface area contributed by atoms with Crippen molar-refractivity contribution in [2.24, 2.45) is 5.73 Å². The molecular weight excluding hydrogens is 259 g/mol. The maximum atomic E-state index is 12.4. The summed E-state index contributed by atoms with van der Waals surface area (Å²) in [5.41, 5.74) is 4.95. The molecule has 0 saturated carbocycles. The standard InChI is InChI=1S/C12H14F3N3O/c1-7-9(16)4-5-18(7)11(19)8-2-3-10(17-6-8)12(13,14)15/h2-3,6-7,9H,4-5,16H2,1H3. The second-order valence-corrected chi connectivity index (χ2v) is 4.62. The van der Waals surface area contributed by atoms with Crippen LogP contribution >= 0.6 is 0 Å². The zero-order valence-electron chi connectivity index (χ0n) is 10.3. The van der Waals surface area contributed by atoms with Crippen LogP contribution in [0.4, 0.5) is 13.2 Å². The lowest BCUT2D eigenvalue weighted by Gasteiger charge is -2.23. The maximum absolute atomic E-state index is 12.4. The second kappa shape index (κ2) is 4.80. The predicted octanol–water partition coefficient (Wildman–Crippen LogP) is 1.66. The van der Waals surface area contributed by atoms with Gasteiger partial charge in [0.2, 0.25) is 0 Å². The molecule has 1 aromatic heterocycles. The number of pyridine rings is 1. The molecule has 4 nitrogen and oxygen atoms in total. The molecule has 1 aliphatic heterocycles. The third kappa shape index (κ3) is 2.70. The van der Waals surface area contributed by atoms with E-state index in [-0.39, 0.29) is 23.6 Å². The van der Waals surface area contributed by atoms with Crippen molar-refractivity contribution in [2.45, 2.75) is 31.6 Å². The number of amides is 1. The van der Waals surface area contributed by atoms with E-state index in [2.05, 4.69) is 4.98 Å². The topological polar surface area (TPSA) is 59.2 Å². The summed E-state index contributed by atoms with van der Waals surface area (Å²) in [5, 5.41) is 0. The number of halogens is 3. The zero-order chi connectivity index (χ0) is 14.2. The van der Waals surface area contributed by atoms with Crippen LogP contribution < -0.4 is 5.73 Å². The molecule has 0 aliphatic carbocycles. The normalized spacial score (nSPS) is 23.7. The van der Waals surface area contributed by atoms with E-state index < -0.39 is 11.9 Å². The molecule has 0 radical (unpaired) electrons. The lowest BCUT2D eigenvalue weighted by atomic mass is 10.1. The highest BCUT2D eigenvalue weighted by Crippen LogP contribution is 2.27. The van der Waals surface area contributed by atoms with Gasteiger partial charge in [0.25, 0.3) is 5.91 Å². The highest BCUT2D eigenvalue weighted by atomic mass is 19.4. The molecule has 104 valence electrons. The Morgan fingerprint density at radius 2 is 2.16 bits per heavy atom. The first-order valence-corrected chi connectivity index (χ1v) is 5.90. The molecule has 2 atom stereocenters. The van der Waals surface area contributed by atoms with Crippen LogP contribution in [0.1, 0.15) is 29.4 Å². The number of nitrogens with zero attached hydrogens (tertiary/aromatic N) is 2. The van der Waals surface area contributed by atoms with Crippen molar-refractivity contribution in [3.8, 4) is 0 Å².